The molecule has 3 aromatic rings. The van der Waals surface area contributed by atoms with Gasteiger partial charge in [0.25, 0.3) is 0 Å². The number of halogens is 3. The standard InChI is InChI=1S/C26H25F3N4O3/c27-19-10-21(33(15-19)23(34)11-22-30-8-9-36-22)25(35)32-24(16-4-2-1-3-5-16)20-7-6-17(14-31-20)18-12-26(28,29)13-18/h1-9,14,18-19,21,24H,10-13,15H2,(H,32,35)/t19-,21+,24+/m1/s1. The molecular weight excluding hydrogens is 473 g/mol. The van der Waals surface area contributed by atoms with Crippen LogP contribution < -0.4 is 5.32 Å². The highest BCUT2D eigenvalue weighted by Gasteiger charge is 2.46. The summed E-state index contributed by atoms with van der Waals surface area (Å²) in [5.41, 5.74) is 1.98. The molecule has 7 nitrogen and oxygen atoms in total. The summed E-state index contributed by atoms with van der Waals surface area (Å²) in [6.07, 6.45) is 2.30. The van der Waals surface area contributed by atoms with E-state index in [0.29, 0.717) is 5.69 Å². The number of pyridine rings is 1. The van der Waals surface area contributed by atoms with Gasteiger partial charge in [-0.1, -0.05) is 36.4 Å². The Morgan fingerprint density at radius 2 is 1.92 bits per heavy atom. The molecule has 10 heteroatoms. The monoisotopic (exact) mass is 498 g/mol. The summed E-state index contributed by atoms with van der Waals surface area (Å²) < 4.78 is 46.0. The molecule has 1 aromatic carbocycles. The second kappa shape index (κ2) is 9.75. The van der Waals surface area contributed by atoms with Crippen LogP contribution in [0.2, 0.25) is 0 Å². The van der Waals surface area contributed by atoms with Crippen LogP contribution in [0.5, 0.6) is 0 Å². The number of benzene rings is 1. The molecule has 5 rings (SSSR count). The molecular formula is C26H25F3N4O3. The smallest absolute Gasteiger partial charge is 0.249 e. The fourth-order valence-corrected chi connectivity index (χ4v) is 4.82. The first kappa shape index (κ1) is 24.0. The van der Waals surface area contributed by atoms with E-state index in [0.717, 1.165) is 11.1 Å². The van der Waals surface area contributed by atoms with Gasteiger partial charge in [0.05, 0.1) is 24.5 Å². The summed E-state index contributed by atoms with van der Waals surface area (Å²) >= 11 is 0. The number of oxazole rings is 1. The highest BCUT2D eigenvalue weighted by molar-refractivity contribution is 5.89. The molecule has 1 saturated heterocycles. The highest BCUT2D eigenvalue weighted by Crippen LogP contribution is 2.48. The van der Waals surface area contributed by atoms with Gasteiger partial charge in [-0.25, -0.2) is 18.2 Å². The summed E-state index contributed by atoms with van der Waals surface area (Å²) in [4.78, 5) is 35.8. The molecule has 3 heterocycles. The number of amides is 2. The van der Waals surface area contributed by atoms with Crippen molar-refractivity contribution in [3.05, 3.63) is 83.8 Å². The van der Waals surface area contributed by atoms with E-state index in [2.05, 4.69) is 15.3 Å². The fraction of sp³-hybridized carbons (Fsp3) is 0.385. The van der Waals surface area contributed by atoms with E-state index >= 15 is 0 Å². The van der Waals surface area contributed by atoms with Gasteiger partial charge in [-0.3, -0.25) is 14.6 Å². The maximum absolute atomic E-state index is 14.3. The Labute approximate surface area is 205 Å². The van der Waals surface area contributed by atoms with Crippen LogP contribution in [0.25, 0.3) is 0 Å². The van der Waals surface area contributed by atoms with Crippen molar-refractivity contribution in [2.45, 2.75) is 55.8 Å². The predicted octanol–water partition coefficient (Wildman–Crippen LogP) is 3.97. The Hall–Kier alpha value is -3.69. The van der Waals surface area contributed by atoms with Crippen LogP contribution >= 0.6 is 0 Å². The number of nitrogens with one attached hydrogen (secondary N) is 1. The van der Waals surface area contributed by atoms with E-state index in [-0.39, 0.29) is 44.0 Å². The van der Waals surface area contributed by atoms with Crippen molar-refractivity contribution in [2.75, 3.05) is 6.54 Å². The van der Waals surface area contributed by atoms with Crippen LogP contribution in [0.3, 0.4) is 0 Å². The van der Waals surface area contributed by atoms with Gasteiger partial charge in [-0.2, -0.15) is 0 Å². The molecule has 1 N–H and O–H groups in total. The maximum atomic E-state index is 14.3. The lowest BCUT2D eigenvalue weighted by Crippen LogP contribution is -2.47. The molecule has 1 aliphatic heterocycles. The average molecular weight is 499 g/mol. The zero-order chi connectivity index (χ0) is 25.3. The van der Waals surface area contributed by atoms with Crippen molar-refractivity contribution in [1.82, 2.24) is 20.2 Å². The zero-order valence-corrected chi connectivity index (χ0v) is 19.3. The molecule has 0 unspecified atom stereocenters. The van der Waals surface area contributed by atoms with Crippen molar-refractivity contribution in [2.24, 2.45) is 0 Å². The minimum atomic E-state index is -2.63. The number of alkyl halides is 3. The lowest BCUT2D eigenvalue weighted by Gasteiger charge is -2.35. The third-order valence-electron chi connectivity index (χ3n) is 6.74. The van der Waals surface area contributed by atoms with Gasteiger partial charge < -0.3 is 14.6 Å². The van der Waals surface area contributed by atoms with Crippen molar-refractivity contribution in [1.29, 1.82) is 0 Å². The summed E-state index contributed by atoms with van der Waals surface area (Å²) in [5, 5.41) is 2.92. The number of nitrogens with zero attached hydrogens (tertiary/aromatic N) is 3. The molecule has 3 atom stereocenters. The van der Waals surface area contributed by atoms with Gasteiger partial charge in [-0.15, -0.1) is 0 Å². The molecule has 0 radical (unpaired) electrons. The van der Waals surface area contributed by atoms with Crippen LogP contribution in [0.4, 0.5) is 13.2 Å². The van der Waals surface area contributed by atoms with Crippen LogP contribution in [0.15, 0.2) is 65.5 Å². The first-order valence-electron chi connectivity index (χ1n) is 11.8. The Kier molecular flexibility index (Phi) is 6.51. The minimum Gasteiger partial charge on any atom is -0.448 e. The molecule has 2 aliphatic rings. The number of hydrogen-bond acceptors (Lipinski definition) is 5. The normalized spacial score (nSPS) is 22.1. The number of rotatable bonds is 7. The number of likely N-dealkylation sites (tertiary alicyclic amines) is 1. The largest absolute Gasteiger partial charge is 0.448 e. The van der Waals surface area contributed by atoms with Crippen LogP contribution in [-0.4, -0.2) is 51.4 Å². The van der Waals surface area contributed by atoms with Crippen molar-refractivity contribution >= 4 is 11.8 Å². The molecule has 0 spiro atoms. The molecule has 2 fully saturated rings. The number of carbonyl (C=O) groups excluding carboxylic acids is 2. The van der Waals surface area contributed by atoms with E-state index in [1.54, 1.807) is 18.3 Å². The maximum Gasteiger partial charge on any atom is 0.249 e. The number of hydrogen-bond donors (Lipinski definition) is 1. The lowest BCUT2D eigenvalue weighted by molar-refractivity contribution is -0.138. The minimum absolute atomic E-state index is 0.118. The van der Waals surface area contributed by atoms with Crippen LogP contribution in [0, 0.1) is 0 Å². The SMILES string of the molecule is O=C(N[C@@H](c1ccccc1)c1ccc(C2CC(F)(F)C2)cn1)[C@@H]1C[C@@H](F)CN1C(=O)Cc1ncco1. The summed E-state index contributed by atoms with van der Waals surface area (Å²) in [6.45, 7) is -0.188. The van der Waals surface area contributed by atoms with Crippen molar-refractivity contribution in [3.8, 4) is 0 Å². The third kappa shape index (κ3) is 5.12. The second-order valence-electron chi connectivity index (χ2n) is 9.33. The number of carbonyl (C=O) groups is 2. The predicted molar refractivity (Wildman–Crippen MR) is 123 cm³/mol. The Morgan fingerprint density at radius 1 is 1.14 bits per heavy atom. The van der Waals surface area contributed by atoms with Crippen LogP contribution in [0.1, 0.15) is 53.9 Å². The average Bonchev–Trinajstić information content (AvgIpc) is 3.51. The summed E-state index contributed by atoms with van der Waals surface area (Å²) in [7, 11) is 0. The van der Waals surface area contributed by atoms with E-state index in [9.17, 15) is 22.8 Å². The molecule has 0 bridgehead atoms. The van der Waals surface area contributed by atoms with E-state index in [1.807, 2.05) is 30.3 Å². The van der Waals surface area contributed by atoms with Crippen molar-refractivity contribution < 1.29 is 27.2 Å². The fourth-order valence-electron chi connectivity index (χ4n) is 4.82. The van der Waals surface area contributed by atoms with E-state index < -0.39 is 36.0 Å². The van der Waals surface area contributed by atoms with Gasteiger partial charge in [0.2, 0.25) is 23.6 Å². The quantitative estimate of drug-likeness (QED) is 0.533. The van der Waals surface area contributed by atoms with E-state index in [1.165, 1.54) is 17.4 Å². The van der Waals surface area contributed by atoms with Crippen LogP contribution in [-0.2, 0) is 16.0 Å². The Bertz CT molecular complexity index is 1200. The second-order valence-corrected chi connectivity index (χ2v) is 9.33. The van der Waals surface area contributed by atoms with E-state index in [4.69, 9.17) is 4.42 Å². The van der Waals surface area contributed by atoms with Gasteiger partial charge in [0.15, 0.2) is 0 Å². The topological polar surface area (TPSA) is 88.3 Å². The Morgan fingerprint density at radius 3 is 2.56 bits per heavy atom. The van der Waals surface area contributed by atoms with Gasteiger partial charge in [0, 0.05) is 25.5 Å². The molecule has 2 amide bonds. The lowest BCUT2D eigenvalue weighted by atomic mass is 9.77. The van der Waals surface area contributed by atoms with Gasteiger partial charge in [0.1, 0.15) is 24.9 Å². The first-order valence-corrected chi connectivity index (χ1v) is 11.8. The molecule has 36 heavy (non-hydrogen) atoms. The third-order valence-corrected chi connectivity index (χ3v) is 6.74. The molecule has 188 valence electrons. The molecule has 2 aromatic heterocycles. The molecule has 1 aliphatic carbocycles. The Balaban J connectivity index is 1.34. The first-order chi connectivity index (χ1) is 17.3. The number of aromatic nitrogens is 2. The van der Waals surface area contributed by atoms with Gasteiger partial charge >= 0.3 is 0 Å². The summed E-state index contributed by atoms with van der Waals surface area (Å²) in [6, 6.07) is 10.9. The van der Waals surface area contributed by atoms with Gasteiger partial charge in [-0.05, 0) is 23.1 Å². The van der Waals surface area contributed by atoms with Crippen molar-refractivity contribution in [3.63, 3.8) is 0 Å². The zero-order valence-electron chi connectivity index (χ0n) is 19.3. The molecule has 1 saturated carbocycles. The highest BCUT2D eigenvalue weighted by atomic mass is 19.3. The summed E-state index contributed by atoms with van der Waals surface area (Å²) in [5.74, 6) is -3.63.